The van der Waals surface area contributed by atoms with E-state index in [1.54, 1.807) is 26.0 Å². The molecule has 0 unspecified atom stereocenters. The normalized spacial score (nSPS) is 20.0. The average molecular weight is 207 g/mol. The van der Waals surface area contributed by atoms with E-state index >= 15 is 0 Å². The molecule has 0 aromatic rings. The molecular weight excluding hydrogens is 190 g/mol. The van der Waals surface area contributed by atoms with Gasteiger partial charge in [0.25, 0.3) is 11.8 Å². The molecule has 1 fully saturated rings. The van der Waals surface area contributed by atoms with Crippen LogP contribution in [0.4, 0.5) is 0 Å². The van der Waals surface area contributed by atoms with Crippen molar-refractivity contribution in [1.29, 1.82) is 0 Å². The summed E-state index contributed by atoms with van der Waals surface area (Å²) in [4.78, 5) is 22.3. The van der Waals surface area contributed by atoms with E-state index < -0.39 is 0 Å². The minimum Gasteiger partial charge on any atom is -0.288 e. The van der Waals surface area contributed by atoms with E-state index in [9.17, 15) is 9.59 Å². The highest BCUT2D eigenvalue weighted by atomic mass is 16.2. The maximum Gasteiger partial charge on any atom is 0.258 e. The molecule has 82 valence electrons. The van der Waals surface area contributed by atoms with Crippen LogP contribution in [-0.2, 0) is 9.59 Å². The number of hydrogen-bond acceptors (Lipinski definition) is 2. The predicted octanol–water partition coefficient (Wildman–Crippen LogP) is 2.12. The summed E-state index contributed by atoms with van der Waals surface area (Å²) in [5, 5.41) is 2.22. The van der Waals surface area contributed by atoms with Gasteiger partial charge in [-0.15, -0.1) is 0 Å². The molecule has 0 bridgehead atoms. The molecule has 0 saturated carbocycles. The Labute approximate surface area is 90.6 Å². The van der Waals surface area contributed by atoms with Crippen LogP contribution in [0.5, 0.6) is 0 Å². The minimum absolute atomic E-state index is 0.333. The Kier molecular flexibility index (Phi) is 5.31. The Morgan fingerprint density at radius 2 is 1.67 bits per heavy atom. The summed E-state index contributed by atoms with van der Waals surface area (Å²) in [6, 6.07) is 0. The molecule has 1 N–H and O–H groups in total. The van der Waals surface area contributed by atoms with Crippen molar-refractivity contribution in [3.63, 3.8) is 0 Å². The first-order valence-electron chi connectivity index (χ1n) is 4.96. The number of nitrogens with one attached hydrogen (secondary N) is 1. The van der Waals surface area contributed by atoms with Crippen LogP contribution in [0.1, 0.15) is 27.7 Å². The van der Waals surface area contributed by atoms with E-state index in [1.807, 2.05) is 13.8 Å². The number of carbonyl (C=O) groups excluding carboxylic acids is 2. The van der Waals surface area contributed by atoms with Crippen LogP contribution in [0.2, 0.25) is 0 Å². The lowest BCUT2D eigenvalue weighted by Gasteiger charge is -1.93. The van der Waals surface area contributed by atoms with Gasteiger partial charge in [-0.3, -0.25) is 14.9 Å². The van der Waals surface area contributed by atoms with E-state index in [0.29, 0.717) is 11.1 Å². The third-order valence-electron chi connectivity index (χ3n) is 1.69. The van der Waals surface area contributed by atoms with Crippen LogP contribution in [-0.4, -0.2) is 11.8 Å². The summed E-state index contributed by atoms with van der Waals surface area (Å²) in [7, 11) is 0. The Morgan fingerprint density at radius 3 is 2.07 bits per heavy atom. The van der Waals surface area contributed by atoms with Crippen molar-refractivity contribution in [2.75, 3.05) is 0 Å². The first kappa shape index (κ1) is 13.4. The molecule has 3 nitrogen and oxygen atoms in total. The van der Waals surface area contributed by atoms with Crippen molar-refractivity contribution in [3.8, 4) is 0 Å². The fourth-order valence-corrected chi connectivity index (χ4v) is 1.16. The standard InChI is InChI=1S/C10H11NO2.C2H6/c1-4-7-8(5-6(2)3)10(13)11-9(7)12;1-2/h4-5H,2H2,1,3H3,(H,11,12,13);1-2H3/b7-4+,8-5+;. The monoisotopic (exact) mass is 207 g/mol. The molecule has 1 saturated heterocycles. The number of rotatable bonds is 1. The fraction of sp³-hybridized carbons (Fsp3) is 0.333. The number of imide groups is 1. The molecule has 1 rings (SSSR count). The van der Waals surface area contributed by atoms with E-state index in [0.717, 1.165) is 5.57 Å². The number of amides is 2. The molecule has 15 heavy (non-hydrogen) atoms. The second-order valence-electron chi connectivity index (χ2n) is 2.89. The fourth-order valence-electron chi connectivity index (χ4n) is 1.16. The van der Waals surface area contributed by atoms with Gasteiger partial charge >= 0.3 is 0 Å². The molecule has 1 aliphatic heterocycles. The van der Waals surface area contributed by atoms with Gasteiger partial charge in [-0.05, 0) is 19.9 Å². The smallest absolute Gasteiger partial charge is 0.258 e. The van der Waals surface area contributed by atoms with Crippen LogP contribution >= 0.6 is 0 Å². The van der Waals surface area contributed by atoms with E-state index in [-0.39, 0.29) is 11.8 Å². The molecule has 0 spiro atoms. The highest BCUT2D eigenvalue weighted by Gasteiger charge is 2.29. The first-order valence-corrected chi connectivity index (χ1v) is 4.96. The molecular formula is C12H17NO2. The zero-order valence-electron chi connectivity index (χ0n) is 9.68. The van der Waals surface area contributed by atoms with Crippen molar-refractivity contribution in [3.05, 3.63) is 35.5 Å². The lowest BCUT2D eigenvalue weighted by molar-refractivity contribution is -0.123. The van der Waals surface area contributed by atoms with E-state index in [4.69, 9.17) is 0 Å². The second kappa shape index (κ2) is 5.96. The third-order valence-corrected chi connectivity index (χ3v) is 1.69. The summed E-state index contributed by atoms with van der Waals surface area (Å²) >= 11 is 0. The second-order valence-corrected chi connectivity index (χ2v) is 2.89. The van der Waals surface area contributed by atoms with Crippen LogP contribution in [0.15, 0.2) is 35.5 Å². The Balaban J connectivity index is 0.000000921. The summed E-state index contributed by atoms with van der Waals surface area (Å²) in [5.41, 5.74) is 1.58. The van der Waals surface area contributed by atoms with E-state index in [1.165, 1.54) is 0 Å². The van der Waals surface area contributed by atoms with Crippen LogP contribution in [0, 0.1) is 0 Å². The van der Waals surface area contributed by atoms with Gasteiger partial charge in [0.2, 0.25) is 0 Å². The molecule has 1 aliphatic rings. The summed E-state index contributed by atoms with van der Waals surface area (Å²) in [6.07, 6.45) is 3.23. The quantitative estimate of drug-likeness (QED) is 0.529. The van der Waals surface area contributed by atoms with Gasteiger partial charge in [0, 0.05) is 5.57 Å². The Bertz CT molecular complexity index is 349. The maximum atomic E-state index is 11.2. The van der Waals surface area contributed by atoms with Gasteiger partial charge in [-0.1, -0.05) is 32.1 Å². The Hall–Kier alpha value is -1.64. The van der Waals surface area contributed by atoms with Gasteiger partial charge in [-0.25, -0.2) is 0 Å². The van der Waals surface area contributed by atoms with Gasteiger partial charge in [0.05, 0.1) is 5.57 Å². The highest BCUT2D eigenvalue weighted by molar-refractivity contribution is 6.24. The molecule has 0 aromatic carbocycles. The Morgan fingerprint density at radius 1 is 1.20 bits per heavy atom. The van der Waals surface area contributed by atoms with Gasteiger partial charge in [-0.2, -0.15) is 0 Å². The zero-order chi connectivity index (χ0) is 12.0. The van der Waals surface area contributed by atoms with Crippen molar-refractivity contribution < 1.29 is 9.59 Å². The minimum atomic E-state index is -0.346. The average Bonchev–Trinajstić information content (AvgIpc) is 2.44. The van der Waals surface area contributed by atoms with Gasteiger partial charge in [0.1, 0.15) is 0 Å². The van der Waals surface area contributed by atoms with Crippen molar-refractivity contribution in [2.45, 2.75) is 27.7 Å². The molecule has 0 aromatic heterocycles. The molecule has 2 amide bonds. The maximum absolute atomic E-state index is 11.2. The summed E-state index contributed by atoms with van der Waals surface area (Å²) < 4.78 is 0. The third kappa shape index (κ3) is 3.20. The topological polar surface area (TPSA) is 46.2 Å². The highest BCUT2D eigenvalue weighted by Crippen LogP contribution is 2.18. The van der Waals surface area contributed by atoms with Crippen LogP contribution in [0.25, 0.3) is 0 Å². The first-order chi connectivity index (χ1) is 7.06. The zero-order valence-corrected chi connectivity index (χ0v) is 9.68. The largest absolute Gasteiger partial charge is 0.288 e. The molecule has 3 heteroatoms. The van der Waals surface area contributed by atoms with Gasteiger partial charge < -0.3 is 0 Å². The lowest BCUT2D eigenvalue weighted by Crippen LogP contribution is -2.19. The molecule has 0 radical (unpaired) electrons. The molecule has 0 aliphatic carbocycles. The SMILES string of the molecule is C=C(C)/C=C1/C(=O)NC(=O)/C1=C/C.CC. The number of hydrogen-bond donors (Lipinski definition) is 1. The van der Waals surface area contributed by atoms with Crippen molar-refractivity contribution in [1.82, 2.24) is 5.32 Å². The number of carbonyl (C=O) groups is 2. The van der Waals surface area contributed by atoms with E-state index in [2.05, 4.69) is 11.9 Å². The van der Waals surface area contributed by atoms with Crippen molar-refractivity contribution >= 4 is 11.8 Å². The van der Waals surface area contributed by atoms with Gasteiger partial charge in [0.15, 0.2) is 0 Å². The summed E-state index contributed by atoms with van der Waals surface area (Å²) in [5.74, 6) is -0.680. The lowest BCUT2D eigenvalue weighted by atomic mass is 10.1. The molecule has 0 atom stereocenters. The molecule has 1 heterocycles. The van der Waals surface area contributed by atoms with Crippen LogP contribution in [0.3, 0.4) is 0 Å². The predicted molar refractivity (Wildman–Crippen MR) is 61.2 cm³/mol. The number of allylic oxidation sites excluding steroid dienone is 3. The van der Waals surface area contributed by atoms with Crippen molar-refractivity contribution in [2.24, 2.45) is 0 Å². The summed E-state index contributed by atoms with van der Waals surface area (Å²) in [6.45, 7) is 11.1. The van der Waals surface area contributed by atoms with Crippen LogP contribution < -0.4 is 5.32 Å².